The van der Waals surface area contributed by atoms with Gasteiger partial charge in [-0.3, -0.25) is 10.1 Å². The van der Waals surface area contributed by atoms with Gasteiger partial charge in [-0.2, -0.15) is 0 Å². The van der Waals surface area contributed by atoms with Gasteiger partial charge in [0.15, 0.2) is 0 Å². The predicted molar refractivity (Wildman–Crippen MR) is 53.2 cm³/mol. The van der Waals surface area contributed by atoms with Crippen molar-refractivity contribution in [3.8, 4) is 0 Å². The molecule has 14 heavy (non-hydrogen) atoms. The van der Waals surface area contributed by atoms with Gasteiger partial charge < -0.3 is 0 Å². The monoisotopic (exact) mass is 211 g/mol. The molecule has 1 heterocycles. The van der Waals surface area contributed by atoms with Crippen LogP contribution in [0.1, 0.15) is 5.56 Å². The lowest BCUT2D eigenvalue weighted by Crippen LogP contribution is -1.86. The molecule has 2 rings (SSSR count). The molecule has 0 spiro atoms. The summed E-state index contributed by atoms with van der Waals surface area (Å²) in [6, 6.07) is 2.71. The molecule has 0 radical (unpaired) electrons. The minimum Gasteiger partial charge on any atom is -0.258 e. The molecule has 0 bridgehead atoms. The van der Waals surface area contributed by atoms with E-state index in [9.17, 15) is 14.5 Å². The maximum absolute atomic E-state index is 13.1. The zero-order valence-electron chi connectivity index (χ0n) is 7.28. The van der Waals surface area contributed by atoms with Gasteiger partial charge in [0.2, 0.25) is 0 Å². The molecule has 1 aromatic heterocycles. The quantitative estimate of drug-likeness (QED) is 0.536. The molecule has 0 saturated heterocycles. The summed E-state index contributed by atoms with van der Waals surface area (Å²) in [7, 11) is 0. The van der Waals surface area contributed by atoms with Crippen molar-refractivity contribution in [2.75, 3.05) is 0 Å². The second kappa shape index (κ2) is 3.02. The second-order valence-electron chi connectivity index (χ2n) is 2.93. The van der Waals surface area contributed by atoms with Gasteiger partial charge in [0, 0.05) is 10.3 Å². The number of halogens is 1. The van der Waals surface area contributed by atoms with Crippen molar-refractivity contribution in [2.24, 2.45) is 0 Å². The van der Waals surface area contributed by atoms with Crippen LogP contribution >= 0.6 is 11.3 Å². The summed E-state index contributed by atoms with van der Waals surface area (Å²) in [5, 5.41) is 12.5. The zero-order valence-corrected chi connectivity index (χ0v) is 8.10. The van der Waals surface area contributed by atoms with E-state index in [1.54, 1.807) is 6.92 Å². The van der Waals surface area contributed by atoms with Crippen molar-refractivity contribution in [3.05, 3.63) is 39.0 Å². The number of nitro groups is 1. The maximum atomic E-state index is 13.1. The lowest BCUT2D eigenvalue weighted by molar-refractivity contribution is -0.382. The van der Waals surface area contributed by atoms with Crippen LogP contribution in [0.5, 0.6) is 0 Å². The molecule has 0 aliphatic heterocycles. The van der Waals surface area contributed by atoms with E-state index in [1.807, 2.05) is 0 Å². The number of hydrogen-bond donors (Lipinski definition) is 0. The third-order valence-electron chi connectivity index (χ3n) is 2.10. The Hall–Kier alpha value is -1.49. The van der Waals surface area contributed by atoms with Crippen LogP contribution in [0.25, 0.3) is 10.1 Å². The smallest absolute Gasteiger partial charge is 0.258 e. The Morgan fingerprint density at radius 3 is 2.86 bits per heavy atom. The summed E-state index contributed by atoms with van der Waals surface area (Å²) >= 11 is 1.20. The minimum absolute atomic E-state index is 0.0492. The third-order valence-corrected chi connectivity index (χ3v) is 3.20. The average Bonchev–Trinajstić information content (AvgIpc) is 2.55. The second-order valence-corrected chi connectivity index (χ2v) is 3.81. The topological polar surface area (TPSA) is 43.1 Å². The van der Waals surface area contributed by atoms with E-state index in [1.165, 1.54) is 28.8 Å². The van der Waals surface area contributed by atoms with Crippen LogP contribution in [0.15, 0.2) is 17.5 Å². The van der Waals surface area contributed by atoms with Gasteiger partial charge in [-0.15, -0.1) is 11.3 Å². The van der Waals surface area contributed by atoms with Crippen molar-refractivity contribution >= 4 is 27.1 Å². The molecule has 0 atom stereocenters. The number of rotatable bonds is 1. The van der Waals surface area contributed by atoms with E-state index in [2.05, 4.69) is 0 Å². The summed E-state index contributed by atoms with van der Waals surface area (Å²) in [6.07, 6.45) is 0. The summed E-state index contributed by atoms with van der Waals surface area (Å²) in [4.78, 5) is 10.1. The van der Waals surface area contributed by atoms with Crippen LogP contribution < -0.4 is 0 Å². The molecule has 0 unspecified atom stereocenters. The van der Waals surface area contributed by atoms with Crippen LogP contribution in [0.2, 0.25) is 0 Å². The van der Waals surface area contributed by atoms with Crippen LogP contribution in [0.3, 0.4) is 0 Å². The molecular formula is C9H6FNO2S. The molecule has 0 aliphatic rings. The van der Waals surface area contributed by atoms with Crippen LogP contribution in [0, 0.1) is 22.9 Å². The van der Waals surface area contributed by atoms with E-state index in [4.69, 9.17) is 0 Å². The Bertz CT molecular complexity index is 521. The van der Waals surface area contributed by atoms with Gasteiger partial charge in [-0.1, -0.05) is 0 Å². The van der Waals surface area contributed by atoms with Gasteiger partial charge in [0.05, 0.1) is 15.7 Å². The fourth-order valence-corrected chi connectivity index (χ4v) is 2.36. The zero-order chi connectivity index (χ0) is 10.3. The molecule has 0 aliphatic carbocycles. The minimum atomic E-state index is -0.448. The Labute approximate surface area is 82.9 Å². The number of nitrogens with zero attached hydrogens (tertiary/aromatic N) is 1. The van der Waals surface area contributed by atoms with E-state index < -0.39 is 4.92 Å². The fourth-order valence-electron chi connectivity index (χ4n) is 1.34. The van der Waals surface area contributed by atoms with Crippen LogP contribution in [-0.2, 0) is 0 Å². The fraction of sp³-hybridized carbons (Fsp3) is 0.111. The van der Waals surface area contributed by atoms with Crippen molar-refractivity contribution in [3.63, 3.8) is 0 Å². The summed E-state index contributed by atoms with van der Waals surface area (Å²) in [5.41, 5.74) is 0.522. The molecular weight excluding hydrogens is 205 g/mol. The summed E-state index contributed by atoms with van der Waals surface area (Å²) in [6.45, 7) is 1.62. The highest BCUT2D eigenvalue weighted by molar-refractivity contribution is 7.18. The standard InChI is InChI=1S/C9H6FNO2S/c1-5-7(10)3-2-6-8(11(12)13)4-14-9(5)6/h2-4H,1H3. The highest BCUT2D eigenvalue weighted by Gasteiger charge is 2.16. The Kier molecular flexibility index (Phi) is 1.96. The first-order chi connectivity index (χ1) is 6.61. The van der Waals surface area contributed by atoms with E-state index >= 15 is 0 Å². The highest BCUT2D eigenvalue weighted by Crippen LogP contribution is 2.34. The van der Waals surface area contributed by atoms with Crippen molar-refractivity contribution in [1.82, 2.24) is 0 Å². The molecule has 1 aromatic carbocycles. The first kappa shape index (κ1) is 9.08. The molecule has 5 heteroatoms. The molecule has 72 valence electrons. The molecule has 2 aromatic rings. The van der Waals surface area contributed by atoms with Gasteiger partial charge >= 0.3 is 0 Å². The molecule has 0 N–H and O–H groups in total. The lowest BCUT2D eigenvalue weighted by Gasteiger charge is -1.96. The molecule has 0 amide bonds. The molecule has 3 nitrogen and oxygen atoms in total. The average molecular weight is 211 g/mol. The van der Waals surface area contributed by atoms with Gasteiger partial charge in [0.25, 0.3) is 5.69 Å². The Morgan fingerprint density at radius 2 is 2.21 bits per heavy atom. The lowest BCUT2D eigenvalue weighted by atomic mass is 10.1. The van der Waals surface area contributed by atoms with Crippen LogP contribution in [0.4, 0.5) is 10.1 Å². The van der Waals surface area contributed by atoms with Crippen molar-refractivity contribution in [2.45, 2.75) is 6.92 Å². The number of thiophene rings is 1. The number of hydrogen-bond acceptors (Lipinski definition) is 3. The summed E-state index contributed by atoms with van der Waals surface area (Å²) < 4.78 is 13.7. The first-order valence-electron chi connectivity index (χ1n) is 3.92. The number of aryl methyl sites for hydroxylation is 1. The normalized spacial score (nSPS) is 10.7. The van der Waals surface area contributed by atoms with E-state index in [0.717, 1.165) is 0 Å². The maximum Gasteiger partial charge on any atom is 0.287 e. The number of fused-ring (bicyclic) bond motifs is 1. The van der Waals surface area contributed by atoms with E-state index in [-0.39, 0.29) is 11.5 Å². The van der Waals surface area contributed by atoms with Gasteiger partial charge in [-0.25, -0.2) is 4.39 Å². The highest BCUT2D eigenvalue weighted by atomic mass is 32.1. The first-order valence-corrected chi connectivity index (χ1v) is 4.80. The van der Waals surface area contributed by atoms with E-state index in [0.29, 0.717) is 15.6 Å². The van der Waals surface area contributed by atoms with Crippen molar-refractivity contribution in [1.29, 1.82) is 0 Å². The Balaban J connectivity index is 2.83. The van der Waals surface area contributed by atoms with Crippen molar-refractivity contribution < 1.29 is 9.31 Å². The summed E-state index contributed by atoms with van der Waals surface area (Å²) in [5.74, 6) is -0.325. The van der Waals surface area contributed by atoms with Gasteiger partial charge in [-0.05, 0) is 19.1 Å². The Morgan fingerprint density at radius 1 is 1.50 bits per heavy atom. The largest absolute Gasteiger partial charge is 0.287 e. The van der Waals surface area contributed by atoms with Crippen LogP contribution in [-0.4, -0.2) is 4.92 Å². The third kappa shape index (κ3) is 1.17. The molecule has 0 fully saturated rings. The predicted octanol–water partition coefficient (Wildman–Crippen LogP) is 3.26. The number of benzene rings is 1. The SMILES string of the molecule is Cc1c(F)ccc2c([N+](=O)[O-])csc12. The molecule has 0 saturated carbocycles. The van der Waals surface area contributed by atoms with Gasteiger partial charge in [0.1, 0.15) is 5.82 Å².